The molecule has 10 rings (SSSR count). The highest BCUT2D eigenvalue weighted by atomic mass is 35.5. The van der Waals surface area contributed by atoms with Crippen molar-refractivity contribution in [3.8, 4) is 16.2 Å². The number of nitrogens with zero attached hydrogens (tertiary/aromatic N) is 4. The van der Waals surface area contributed by atoms with Crippen LogP contribution in [0.4, 0.5) is 17.4 Å². The van der Waals surface area contributed by atoms with E-state index in [0.29, 0.717) is 71.8 Å². The fourth-order valence-corrected chi connectivity index (χ4v) is 12.4. The number of aldehydes is 3. The van der Waals surface area contributed by atoms with Crippen LogP contribution < -0.4 is 25.2 Å². The monoisotopic (exact) mass is 1030 g/mol. The van der Waals surface area contributed by atoms with Crippen LogP contribution in [0.2, 0.25) is 5.02 Å². The van der Waals surface area contributed by atoms with Crippen molar-refractivity contribution in [2.75, 3.05) is 56.1 Å². The smallest absolute Gasteiger partial charge is 0.298 e. The third-order valence-corrected chi connectivity index (χ3v) is 16.1. The topological polar surface area (TPSA) is 195 Å². The zero-order valence-electron chi connectivity index (χ0n) is 40.7. The number of thiophene rings is 1. The van der Waals surface area contributed by atoms with Gasteiger partial charge in [0.25, 0.3) is 6.01 Å². The number of amides is 2. The van der Waals surface area contributed by atoms with Crippen LogP contribution in [0.25, 0.3) is 32.3 Å². The number of aryl methyl sites for hydroxylation is 1. The predicted octanol–water partition coefficient (Wildman–Crippen LogP) is 9.22. The minimum Gasteiger partial charge on any atom is -0.483 e. The Morgan fingerprint density at radius 3 is 2.37 bits per heavy atom. The number of fused-ring (bicyclic) bond motifs is 4. The average molecular weight is 1030 g/mol. The Labute approximate surface area is 428 Å². The van der Waals surface area contributed by atoms with Crippen LogP contribution in [0.5, 0.6) is 5.75 Å². The van der Waals surface area contributed by atoms with Gasteiger partial charge < -0.3 is 44.6 Å². The number of ether oxygens (including phenoxy) is 1. The van der Waals surface area contributed by atoms with Crippen LogP contribution in [0, 0.1) is 6.92 Å². The summed E-state index contributed by atoms with van der Waals surface area (Å²) in [5, 5.41) is 22.6. The number of oxazole rings is 1. The molecule has 3 saturated heterocycles. The average Bonchev–Trinajstić information content (AvgIpc) is 3.98. The summed E-state index contributed by atoms with van der Waals surface area (Å²) in [6, 6.07) is 27.1. The predicted molar refractivity (Wildman–Crippen MR) is 285 cm³/mol. The quantitative estimate of drug-likeness (QED) is 0.0443. The number of benzene rings is 4. The number of aliphatic hydroxyl groups is 2. The maximum absolute atomic E-state index is 12.3. The van der Waals surface area contributed by atoms with Crippen molar-refractivity contribution in [3.63, 3.8) is 0 Å². The fraction of sp³-hybridized carbons (Fsp3) is 0.396. The number of aliphatic hydroxyl groups excluding tert-OH is 2. The van der Waals surface area contributed by atoms with Crippen LogP contribution >= 0.6 is 34.9 Å². The molecule has 15 nitrogen and oxygen atoms in total. The van der Waals surface area contributed by atoms with Crippen molar-refractivity contribution in [3.05, 3.63) is 99.4 Å². The van der Waals surface area contributed by atoms with Gasteiger partial charge in [-0.15, -0.1) is 11.3 Å². The largest absolute Gasteiger partial charge is 0.483 e. The molecule has 3 aliphatic heterocycles. The molecule has 4 N–H and O–H groups in total. The summed E-state index contributed by atoms with van der Waals surface area (Å²) < 4.78 is 14.4. The summed E-state index contributed by atoms with van der Waals surface area (Å²) >= 11 is 9.80. The van der Waals surface area contributed by atoms with Gasteiger partial charge in [-0.2, -0.15) is 4.98 Å². The highest BCUT2D eigenvalue weighted by molar-refractivity contribution is 7.96. The molecular formula is C53H63ClN6O9S2. The maximum Gasteiger partial charge on any atom is 0.298 e. The van der Waals surface area contributed by atoms with Crippen LogP contribution in [0.3, 0.4) is 0 Å². The Morgan fingerprint density at radius 2 is 1.69 bits per heavy atom. The second-order valence-electron chi connectivity index (χ2n) is 17.3. The van der Waals surface area contributed by atoms with Gasteiger partial charge in [0, 0.05) is 81.8 Å². The van der Waals surface area contributed by atoms with E-state index in [9.17, 15) is 19.2 Å². The number of halogens is 1. The van der Waals surface area contributed by atoms with Gasteiger partial charge in [0.2, 0.25) is 12.8 Å². The number of piperidine rings is 2. The molecule has 1 saturated carbocycles. The minimum atomic E-state index is -0.162. The maximum atomic E-state index is 12.3. The molecule has 71 heavy (non-hydrogen) atoms. The SMILES string of the molecule is CNC=O.CO.CO.Cc1cccc2c(C3CCN(c4nc5cc(CSN6C7CC(Nc8cccc(-c9sc(C=O)c(OCC=O)c9Cl)c8)CC6C7)ccc5o4)CC3)ccc(N(C=O)C(C)CCC=O)c12. The van der Waals surface area contributed by atoms with E-state index in [1.54, 1.807) is 11.9 Å². The van der Waals surface area contributed by atoms with Crippen molar-refractivity contribution in [2.24, 2.45) is 0 Å². The van der Waals surface area contributed by atoms with Crippen LogP contribution in [-0.2, 0) is 24.9 Å². The van der Waals surface area contributed by atoms with Crippen LogP contribution in [0.15, 0.2) is 77.2 Å². The Bertz CT molecular complexity index is 2730. The standard InChI is InChI=1S/C49H50ClN5O6S2.C2H5NO.2CH4O/c1-30-6-3-10-40-39(12-13-42(45(30)40)54(29-59)31(2)7-5-19-56)33-15-17-53(18-16-33)49-52-41-22-32(11-14-43(41)61-49)28-62-55-37-24-36(25-38(55)26-37)51-35-9-4-8-34(23-35)48-46(50)47(60-21-20-57)44(27-58)63-48;1-3-2-4;2*1-2/h3-4,6,8-14,19-20,22-23,27,29,31,33,36-38,51H,5,7,15-18,21,24-26,28H2,1-2H3;2H,1H3,(H,3,4);2*2H,1H3. The number of carbonyl (C=O) groups is 5. The van der Waals surface area contributed by atoms with E-state index >= 15 is 0 Å². The molecule has 4 fully saturated rings. The summed E-state index contributed by atoms with van der Waals surface area (Å²) in [6.07, 6.45) is 10.1. The van der Waals surface area contributed by atoms with Crippen molar-refractivity contribution in [1.82, 2.24) is 14.6 Å². The van der Waals surface area contributed by atoms with E-state index in [1.807, 2.05) is 31.0 Å². The molecule has 378 valence electrons. The number of carbonyl (C=O) groups excluding carboxylic acids is 5. The number of hydrogen-bond donors (Lipinski definition) is 4. The number of nitrogens with one attached hydrogen (secondary N) is 2. The lowest BCUT2D eigenvalue weighted by Gasteiger charge is -2.54. The normalized spacial score (nSPS) is 17.7. The first-order chi connectivity index (χ1) is 34.7. The molecule has 4 aliphatic rings. The van der Waals surface area contributed by atoms with E-state index < -0.39 is 0 Å². The lowest BCUT2D eigenvalue weighted by atomic mass is 9.79. The van der Waals surface area contributed by atoms with Crippen LogP contribution in [0.1, 0.15) is 84.1 Å². The molecule has 4 aromatic carbocycles. The molecule has 2 aromatic heterocycles. The number of aromatic nitrogens is 1. The van der Waals surface area contributed by atoms with Gasteiger partial charge in [-0.3, -0.25) is 19.2 Å². The van der Waals surface area contributed by atoms with Gasteiger partial charge in [-0.1, -0.05) is 66.0 Å². The van der Waals surface area contributed by atoms with E-state index in [-0.39, 0.29) is 18.4 Å². The van der Waals surface area contributed by atoms with Gasteiger partial charge >= 0.3 is 0 Å². The van der Waals surface area contributed by atoms with E-state index in [0.717, 1.165) is 115 Å². The second kappa shape index (κ2) is 26.6. The number of anilines is 3. The third-order valence-electron chi connectivity index (χ3n) is 13.1. The highest BCUT2D eigenvalue weighted by Gasteiger charge is 2.45. The lowest BCUT2D eigenvalue weighted by Crippen LogP contribution is -2.59. The summed E-state index contributed by atoms with van der Waals surface area (Å²) in [7, 11) is 3.56. The molecule has 6 aromatic rings. The van der Waals surface area contributed by atoms with Crippen molar-refractivity contribution >= 4 is 106 Å². The van der Waals surface area contributed by atoms with Crippen molar-refractivity contribution < 1.29 is 43.3 Å². The summed E-state index contributed by atoms with van der Waals surface area (Å²) in [5.41, 5.74) is 8.15. The minimum absolute atomic E-state index is 0.0843. The Kier molecular flexibility index (Phi) is 20.4. The van der Waals surface area contributed by atoms with Crippen molar-refractivity contribution in [2.45, 2.75) is 94.6 Å². The van der Waals surface area contributed by atoms with E-state index in [2.05, 4.69) is 87.4 Å². The van der Waals surface area contributed by atoms with Gasteiger partial charge in [0.05, 0.1) is 10.6 Å². The highest BCUT2D eigenvalue weighted by Crippen LogP contribution is 2.47. The molecule has 3 atom stereocenters. The summed E-state index contributed by atoms with van der Waals surface area (Å²) in [5.74, 6) is 1.49. The molecule has 0 radical (unpaired) electrons. The van der Waals surface area contributed by atoms with Gasteiger partial charge in [0.15, 0.2) is 23.9 Å². The second-order valence-corrected chi connectivity index (χ2v) is 19.7. The lowest BCUT2D eigenvalue weighted by molar-refractivity contribution is -0.110. The molecule has 2 amide bonds. The Hall–Kier alpha value is -5.82. The molecule has 1 aliphatic carbocycles. The van der Waals surface area contributed by atoms with E-state index in [4.69, 9.17) is 40.7 Å². The first-order valence-corrected chi connectivity index (χ1v) is 25.8. The molecule has 2 bridgehead atoms. The number of hydrogen-bond acceptors (Lipinski definition) is 15. The fourth-order valence-electron chi connectivity index (χ4n) is 9.80. The third kappa shape index (κ3) is 12.6. The zero-order valence-corrected chi connectivity index (χ0v) is 43.1. The zero-order chi connectivity index (χ0) is 51.0. The van der Waals surface area contributed by atoms with Gasteiger partial charge in [-0.05, 0) is 116 Å². The van der Waals surface area contributed by atoms with Crippen LogP contribution in [-0.4, -0.2) is 116 Å². The molecular weight excluding hydrogens is 964 g/mol. The molecule has 3 unspecified atom stereocenters. The Morgan fingerprint density at radius 1 is 0.958 bits per heavy atom. The summed E-state index contributed by atoms with van der Waals surface area (Å²) in [6.45, 7) is 5.61. The van der Waals surface area contributed by atoms with Gasteiger partial charge in [0.1, 0.15) is 28.3 Å². The van der Waals surface area contributed by atoms with E-state index in [1.165, 1.54) is 34.3 Å². The molecule has 5 heterocycles. The Balaban J connectivity index is 0.000000972. The molecule has 0 spiro atoms. The first kappa shape index (κ1) is 54.5. The number of rotatable bonds is 19. The van der Waals surface area contributed by atoms with Gasteiger partial charge in [-0.25, -0.2) is 4.31 Å². The molecule has 18 heteroatoms. The first-order valence-electron chi connectivity index (χ1n) is 23.6. The summed E-state index contributed by atoms with van der Waals surface area (Å²) in [4.78, 5) is 65.2. The van der Waals surface area contributed by atoms with Crippen molar-refractivity contribution in [1.29, 1.82) is 0 Å².